The Morgan fingerprint density at radius 3 is 1.95 bits per heavy atom. The summed E-state index contributed by atoms with van der Waals surface area (Å²) < 4.78 is 1.38. The zero-order valence-electron chi connectivity index (χ0n) is 12.8. The van der Waals surface area contributed by atoms with Crippen molar-refractivity contribution in [3.8, 4) is 0 Å². The Bertz CT molecular complexity index is 545. The molecule has 0 aliphatic heterocycles. The second kappa shape index (κ2) is 8.04. The Morgan fingerprint density at radius 2 is 1.45 bits per heavy atom. The average molecular weight is 401 g/mol. The Labute approximate surface area is 141 Å². The summed E-state index contributed by atoms with van der Waals surface area (Å²) in [6.07, 6.45) is 1.08. The van der Waals surface area contributed by atoms with Gasteiger partial charge in [-0.15, -0.1) is 0 Å². The van der Waals surface area contributed by atoms with Crippen molar-refractivity contribution in [2.45, 2.75) is 41.0 Å². The minimum Gasteiger partial charge on any atom is -0.0843 e. The van der Waals surface area contributed by atoms with Crippen molar-refractivity contribution in [3.63, 3.8) is 0 Å². The zero-order chi connectivity index (χ0) is 15.3. The summed E-state index contributed by atoms with van der Waals surface area (Å²) in [6, 6.07) is 10.2. The van der Waals surface area contributed by atoms with Crippen molar-refractivity contribution in [2.24, 2.45) is 0 Å². The minimum absolute atomic E-state index is 0.812. The average Bonchev–Trinajstić information content (AvgIpc) is 2.44. The summed E-state index contributed by atoms with van der Waals surface area (Å²) in [4.78, 5) is 0. The summed E-state index contributed by atoms with van der Waals surface area (Å²) in [7, 11) is 0. The van der Waals surface area contributed by atoms with E-state index in [-0.39, 0.29) is 0 Å². The molecule has 0 atom stereocenters. The zero-order valence-corrected chi connectivity index (χ0v) is 15.8. The van der Waals surface area contributed by atoms with Crippen LogP contribution in [0.15, 0.2) is 30.3 Å². The predicted octanol–water partition coefficient (Wildman–Crippen LogP) is 6.43. The lowest BCUT2D eigenvalue weighted by molar-refractivity contribution is 1.14. The van der Waals surface area contributed by atoms with Gasteiger partial charge in [-0.3, -0.25) is 0 Å². The van der Waals surface area contributed by atoms with Gasteiger partial charge in [0.15, 0.2) is 0 Å². The summed E-state index contributed by atoms with van der Waals surface area (Å²) in [5.74, 6) is 0. The smallest absolute Gasteiger partial charge is 0.0406 e. The molecule has 2 rings (SSSR count). The molecule has 0 fully saturated rings. The van der Waals surface area contributed by atoms with Crippen LogP contribution in [0.5, 0.6) is 0 Å². The molecule has 20 heavy (non-hydrogen) atoms. The first-order valence-electron chi connectivity index (χ1n) is 6.84. The van der Waals surface area contributed by atoms with Crippen molar-refractivity contribution in [3.05, 3.63) is 66.7 Å². The SMILES string of the molecule is CCc1ccc(Cl)cc1.Cc1cc(I)c(C)c(C)c1C. The van der Waals surface area contributed by atoms with Gasteiger partial charge >= 0.3 is 0 Å². The fraction of sp³-hybridized carbons (Fsp3) is 0.333. The van der Waals surface area contributed by atoms with Crippen LogP contribution in [0, 0.1) is 31.3 Å². The van der Waals surface area contributed by atoms with Crippen LogP contribution in [-0.4, -0.2) is 0 Å². The van der Waals surface area contributed by atoms with Gasteiger partial charge in [0, 0.05) is 8.59 Å². The van der Waals surface area contributed by atoms with Gasteiger partial charge in [-0.05, 0) is 103 Å². The Balaban J connectivity index is 0.000000204. The number of aryl methyl sites for hydroxylation is 2. The number of benzene rings is 2. The maximum Gasteiger partial charge on any atom is 0.0406 e. The highest BCUT2D eigenvalue weighted by Crippen LogP contribution is 2.21. The predicted molar refractivity (Wildman–Crippen MR) is 98.9 cm³/mol. The fourth-order valence-electron chi connectivity index (χ4n) is 1.88. The molecule has 0 N–H and O–H groups in total. The molecule has 0 amide bonds. The van der Waals surface area contributed by atoms with E-state index in [2.05, 4.69) is 63.3 Å². The van der Waals surface area contributed by atoms with E-state index in [0.717, 1.165) is 11.4 Å². The van der Waals surface area contributed by atoms with Crippen LogP contribution in [0.1, 0.15) is 34.7 Å². The molecular formula is C18H22ClI. The number of hydrogen-bond acceptors (Lipinski definition) is 0. The molecule has 108 valence electrons. The molecule has 0 aliphatic carbocycles. The van der Waals surface area contributed by atoms with Crippen LogP contribution in [-0.2, 0) is 6.42 Å². The van der Waals surface area contributed by atoms with Crippen LogP contribution in [0.4, 0.5) is 0 Å². The molecule has 2 aromatic carbocycles. The van der Waals surface area contributed by atoms with Crippen LogP contribution in [0.3, 0.4) is 0 Å². The molecule has 0 aliphatic rings. The third kappa shape index (κ3) is 4.78. The van der Waals surface area contributed by atoms with E-state index in [4.69, 9.17) is 11.6 Å². The van der Waals surface area contributed by atoms with Gasteiger partial charge in [0.25, 0.3) is 0 Å². The third-order valence-corrected chi connectivity index (χ3v) is 5.11. The molecule has 0 saturated heterocycles. The van der Waals surface area contributed by atoms with Gasteiger partial charge in [-0.2, -0.15) is 0 Å². The van der Waals surface area contributed by atoms with Gasteiger partial charge < -0.3 is 0 Å². The molecule has 0 saturated carbocycles. The van der Waals surface area contributed by atoms with Gasteiger partial charge in [0.05, 0.1) is 0 Å². The van der Waals surface area contributed by atoms with Gasteiger partial charge in [-0.1, -0.05) is 30.7 Å². The first kappa shape index (κ1) is 17.5. The molecule has 2 heteroatoms. The molecule has 0 spiro atoms. The van der Waals surface area contributed by atoms with Gasteiger partial charge in [0.1, 0.15) is 0 Å². The largest absolute Gasteiger partial charge is 0.0843 e. The lowest BCUT2D eigenvalue weighted by atomic mass is 10.0. The van der Waals surface area contributed by atoms with E-state index < -0.39 is 0 Å². The van der Waals surface area contributed by atoms with E-state index in [0.29, 0.717) is 0 Å². The van der Waals surface area contributed by atoms with Crippen LogP contribution in [0.2, 0.25) is 5.02 Å². The highest BCUT2D eigenvalue weighted by Gasteiger charge is 2.03. The monoisotopic (exact) mass is 400 g/mol. The summed E-state index contributed by atoms with van der Waals surface area (Å²) in [5, 5.41) is 0.812. The first-order chi connectivity index (χ1) is 9.36. The van der Waals surface area contributed by atoms with Crippen LogP contribution >= 0.6 is 34.2 Å². The summed E-state index contributed by atoms with van der Waals surface area (Å²) >= 11 is 8.06. The van der Waals surface area contributed by atoms with Crippen molar-refractivity contribution >= 4 is 34.2 Å². The van der Waals surface area contributed by atoms with Gasteiger partial charge in [-0.25, -0.2) is 0 Å². The third-order valence-electron chi connectivity index (χ3n) is 3.74. The van der Waals surface area contributed by atoms with Crippen molar-refractivity contribution in [2.75, 3.05) is 0 Å². The highest BCUT2D eigenvalue weighted by atomic mass is 127. The van der Waals surface area contributed by atoms with Crippen molar-refractivity contribution in [1.82, 2.24) is 0 Å². The molecule has 0 heterocycles. The maximum absolute atomic E-state index is 5.67. The molecular weight excluding hydrogens is 379 g/mol. The van der Waals surface area contributed by atoms with E-state index in [9.17, 15) is 0 Å². The van der Waals surface area contributed by atoms with E-state index in [1.54, 1.807) is 0 Å². The van der Waals surface area contributed by atoms with E-state index in [1.165, 1.54) is 31.4 Å². The second-order valence-corrected chi connectivity index (χ2v) is 6.63. The van der Waals surface area contributed by atoms with E-state index >= 15 is 0 Å². The topological polar surface area (TPSA) is 0 Å². The van der Waals surface area contributed by atoms with E-state index in [1.807, 2.05) is 24.3 Å². The summed E-state index contributed by atoms with van der Waals surface area (Å²) in [6.45, 7) is 10.9. The quantitative estimate of drug-likeness (QED) is 0.484. The Morgan fingerprint density at radius 1 is 0.900 bits per heavy atom. The molecule has 0 aromatic heterocycles. The molecule has 0 unspecified atom stereocenters. The standard InChI is InChI=1S/C10H13I.C8H9Cl/c1-6-5-10(11)9(4)8(3)7(6)2;1-2-7-3-5-8(9)6-4-7/h5H,1-4H3;3-6H,2H2,1H3. The number of rotatable bonds is 1. The summed E-state index contributed by atoms with van der Waals surface area (Å²) in [5.41, 5.74) is 7.03. The first-order valence-corrected chi connectivity index (χ1v) is 8.29. The number of hydrogen-bond donors (Lipinski definition) is 0. The van der Waals surface area contributed by atoms with Gasteiger partial charge in [0.2, 0.25) is 0 Å². The Hall–Kier alpha value is -0.540. The number of halogens is 2. The molecule has 2 aromatic rings. The van der Waals surface area contributed by atoms with Crippen LogP contribution < -0.4 is 0 Å². The minimum atomic E-state index is 0.812. The van der Waals surface area contributed by atoms with Crippen molar-refractivity contribution in [1.29, 1.82) is 0 Å². The van der Waals surface area contributed by atoms with Crippen LogP contribution in [0.25, 0.3) is 0 Å². The normalized spacial score (nSPS) is 9.95. The molecule has 0 nitrogen and oxygen atoms in total. The molecule has 0 radical (unpaired) electrons. The molecule has 0 bridgehead atoms. The fourth-order valence-corrected chi connectivity index (χ4v) is 2.88. The van der Waals surface area contributed by atoms with Crippen molar-refractivity contribution < 1.29 is 0 Å². The second-order valence-electron chi connectivity index (χ2n) is 5.03. The highest BCUT2D eigenvalue weighted by molar-refractivity contribution is 14.1. The Kier molecular flexibility index (Phi) is 7.04. The lowest BCUT2D eigenvalue weighted by Gasteiger charge is -2.09. The maximum atomic E-state index is 5.67. The lowest BCUT2D eigenvalue weighted by Crippen LogP contribution is -1.93.